The van der Waals surface area contributed by atoms with Crippen LogP contribution in [0.4, 0.5) is 5.69 Å². The van der Waals surface area contributed by atoms with E-state index in [-0.39, 0.29) is 10.3 Å². The summed E-state index contributed by atoms with van der Waals surface area (Å²) in [6, 6.07) is 5.26. The van der Waals surface area contributed by atoms with Crippen LogP contribution >= 0.6 is 15.9 Å². The van der Waals surface area contributed by atoms with E-state index in [0.717, 1.165) is 0 Å². The van der Waals surface area contributed by atoms with Crippen molar-refractivity contribution in [2.24, 2.45) is 5.16 Å². The lowest BCUT2D eigenvalue weighted by molar-refractivity contribution is -0.384. The average molecular weight is 329 g/mol. The zero-order valence-electron chi connectivity index (χ0n) is 10.7. The molecule has 0 aromatic heterocycles. The molecule has 19 heavy (non-hydrogen) atoms. The maximum Gasteiger partial charge on any atom is 0.269 e. The molecule has 0 saturated heterocycles. The molecule has 0 unspecified atom stereocenters. The minimum Gasteiger partial charge on any atom is -0.389 e. The molecular formula is C12H13BrN2O4. The molecular weight excluding hydrogens is 316 g/mol. The molecule has 0 radical (unpaired) electrons. The van der Waals surface area contributed by atoms with Crippen LogP contribution in [0.15, 0.2) is 29.4 Å². The number of ketones is 1. The predicted octanol–water partition coefficient (Wildman–Crippen LogP) is 3.30. The van der Waals surface area contributed by atoms with Gasteiger partial charge in [0, 0.05) is 17.7 Å². The highest BCUT2D eigenvalue weighted by Gasteiger charge is 2.16. The molecule has 0 aliphatic heterocycles. The standard InChI is InChI=1S/C12H13BrN2O4/c1-12(2,3)19-14-11(13)10(16)8-4-6-9(7-5-8)15(17)18/h4-7H,1-3H3/b14-11-. The summed E-state index contributed by atoms with van der Waals surface area (Å²) in [4.78, 5) is 27.0. The van der Waals surface area contributed by atoms with Gasteiger partial charge in [0.2, 0.25) is 5.78 Å². The van der Waals surface area contributed by atoms with Gasteiger partial charge in [-0.3, -0.25) is 14.9 Å². The molecule has 0 saturated carbocycles. The number of oxime groups is 1. The molecule has 0 fully saturated rings. The van der Waals surface area contributed by atoms with Gasteiger partial charge in [-0.25, -0.2) is 0 Å². The predicted molar refractivity (Wildman–Crippen MR) is 74.6 cm³/mol. The third-order valence-electron chi connectivity index (χ3n) is 1.93. The number of carbonyl (C=O) groups excluding carboxylic acids is 1. The number of nitro benzene ring substituents is 1. The molecule has 0 bridgehead atoms. The summed E-state index contributed by atoms with van der Waals surface area (Å²) < 4.78 is 0.0104. The summed E-state index contributed by atoms with van der Waals surface area (Å²) in [6.07, 6.45) is 0. The van der Waals surface area contributed by atoms with E-state index in [1.54, 1.807) is 20.8 Å². The summed E-state index contributed by atoms with van der Waals surface area (Å²) in [5, 5.41) is 14.2. The Morgan fingerprint density at radius 3 is 2.26 bits per heavy atom. The van der Waals surface area contributed by atoms with Crippen molar-refractivity contribution in [2.75, 3.05) is 0 Å². The van der Waals surface area contributed by atoms with E-state index in [1.165, 1.54) is 24.3 Å². The van der Waals surface area contributed by atoms with Crippen molar-refractivity contribution in [3.05, 3.63) is 39.9 Å². The van der Waals surface area contributed by atoms with E-state index in [9.17, 15) is 14.9 Å². The number of rotatable bonds is 4. The van der Waals surface area contributed by atoms with Crippen LogP contribution in [0.25, 0.3) is 0 Å². The van der Waals surface area contributed by atoms with E-state index in [2.05, 4.69) is 21.1 Å². The lowest BCUT2D eigenvalue weighted by Crippen LogP contribution is -2.18. The molecule has 0 heterocycles. The summed E-state index contributed by atoms with van der Waals surface area (Å²) in [5.74, 6) is -0.404. The number of non-ortho nitro benzene ring substituents is 1. The average Bonchev–Trinajstić information content (AvgIpc) is 2.34. The third-order valence-corrected chi connectivity index (χ3v) is 2.43. The molecule has 1 rings (SSSR count). The highest BCUT2D eigenvalue weighted by atomic mass is 79.9. The Kier molecular flexibility index (Phi) is 4.77. The number of carbonyl (C=O) groups is 1. The van der Waals surface area contributed by atoms with Gasteiger partial charge in [0.25, 0.3) is 5.69 Å². The second-order valence-corrected chi connectivity index (χ2v) is 5.47. The molecule has 7 heteroatoms. The van der Waals surface area contributed by atoms with Gasteiger partial charge >= 0.3 is 0 Å². The highest BCUT2D eigenvalue weighted by Crippen LogP contribution is 2.15. The molecule has 6 nitrogen and oxygen atoms in total. The fourth-order valence-electron chi connectivity index (χ4n) is 1.07. The van der Waals surface area contributed by atoms with Crippen molar-refractivity contribution in [3.63, 3.8) is 0 Å². The van der Waals surface area contributed by atoms with Gasteiger partial charge in [-0.2, -0.15) is 0 Å². The van der Waals surface area contributed by atoms with Gasteiger partial charge in [0.05, 0.1) is 4.92 Å². The Morgan fingerprint density at radius 1 is 1.32 bits per heavy atom. The Hall–Kier alpha value is -1.76. The largest absolute Gasteiger partial charge is 0.389 e. The summed E-state index contributed by atoms with van der Waals surface area (Å²) in [7, 11) is 0. The van der Waals surface area contributed by atoms with Crippen molar-refractivity contribution in [1.82, 2.24) is 0 Å². The van der Waals surface area contributed by atoms with Gasteiger partial charge in [-0.15, -0.1) is 0 Å². The van der Waals surface area contributed by atoms with Gasteiger partial charge in [0.1, 0.15) is 5.60 Å². The fourth-order valence-corrected chi connectivity index (χ4v) is 1.37. The van der Waals surface area contributed by atoms with Crippen LogP contribution < -0.4 is 0 Å². The van der Waals surface area contributed by atoms with Crippen LogP contribution in [-0.2, 0) is 4.84 Å². The maximum atomic E-state index is 11.9. The van der Waals surface area contributed by atoms with Gasteiger partial charge in [-0.1, -0.05) is 5.16 Å². The normalized spacial score (nSPS) is 12.1. The summed E-state index contributed by atoms with van der Waals surface area (Å²) >= 11 is 3.02. The van der Waals surface area contributed by atoms with E-state index in [4.69, 9.17) is 4.84 Å². The van der Waals surface area contributed by atoms with Crippen molar-refractivity contribution in [3.8, 4) is 0 Å². The molecule has 1 aromatic rings. The van der Waals surface area contributed by atoms with Crippen molar-refractivity contribution < 1.29 is 14.6 Å². The second kappa shape index (κ2) is 5.92. The van der Waals surface area contributed by atoms with Crippen LogP contribution in [0, 0.1) is 10.1 Å². The third kappa shape index (κ3) is 4.78. The Morgan fingerprint density at radius 2 is 1.84 bits per heavy atom. The summed E-state index contributed by atoms with van der Waals surface area (Å²) in [5.41, 5.74) is -0.288. The fraction of sp³-hybridized carbons (Fsp3) is 0.333. The van der Waals surface area contributed by atoms with Crippen molar-refractivity contribution in [1.29, 1.82) is 0 Å². The number of hydrogen-bond donors (Lipinski definition) is 0. The monoisotopic (exact) mass is 328 g/mol. The van der Waals surface area contributed by atoms with Gasteiger partial charge in [-0.05, 0) is 48.8 Å². The molecule has 0 spiro atoms. The molecule has 0 amide bonds. The summed E-state index contributed by atoms with van der Waals surface area (Å²) in [6.45, 7) is 5.40. The van der Waals surface area contributed by atoms with E-state index in [1.807, 2.05) is 0 Å². The Bertz CT molecular complexity index is 518. The number of nitrogens with zero attached hydrogens (tertiary/aromatic N) is 2. The highest BCUT2D eigenvalue weighted by molar-refractivity contribution is 9.19. The van der Waals surface area contributed by atoms with Crippen LogP contribution in [0.1, 0.15) is 31.1 Å². The lowest BCUT2D eigenvalue weighted by atomic mass is 10.1. The van der Waals surface area contributed by atoms with Crippen molar-refractivity contribution in [2.45, 2.75) is 26.4 Å². The molecule has 1 aromatic carbocycles. The number of hydrogen-bond acceptors (Lipinski definition) is 5. The quantitative estimate of drug-likeness (QED) is 0.367. The first-order chi connectivity index (χ1) is 8.70. The number of benzene rings is 1. The molecule has 0 aliphatic carbocycles. The Balaban J connectivity index is 2.85. The van der Waals surface area contributed by atoms with Crippen LogP contribution in [0.5, 0.6) is 0 Å². The zero-order chi connectivity index (χ0) is 14.6. The van der Waals surface area contributed by atoms with E-state index < -0.39 is 16.3 Å². The van der Waals surface area contributed by atoms with Crippen LogP contribution in [0.3, 0.4) is 0 Å². The van der Waals surface area contributed by atoms with Gasteiger partial charge < -0.3 is 4.84 Å². The zero-order valence-corrected chi connectivity index (χ0v) is 12.3. The second-order valence-electron chi connectivity index (χ2n) is 4.72. The minimum absolute atomic E-state index is 0.0104. The number of nitro groups is 1. The maximum absolute atomic E-state index is 11.9. The van der Waals surface area contributed by atoms with Crippen LogP contribution in [0.2, 0.25) is 0 Å². The number of halogens is 1. The van der Waals surface area contributed by atoms with Gasteiger partial charge in [0.15, 0.2) is 4.62 Å². The first-order valence-corrected chi connectivity index (χ1v) is 6.21. The lowest BCUT2D eigenvalue weighted by Gasteiger charge is -2.15. The smallest absolute Gasteiger partial charge is 0.269 e. The molecule has 102 valence electrons. The first kappa shape index (κ1) is 15.3. The van der Waals surface area contributed by atoms with E-state index in [0.29, 0.717) is 5.56 Å². The molecule has 0 atom stereocenters. The molecule has 0 aliphatic rings. The van der Waals surface area contributed by atoms with E-state index >= 15 is 0 Å². The Labute approximate surface area is 118 Å². The SMILES string of the molecule is CC(C)(C)O/N=C(\Br)C(=O)c1ccc([N+](=O)[O-])cc1. The van der Waals surface area contributed by atoms with Crippen molar-refractivity contribution >= 4 is 32.0 Å². The number of Topliss-reactive ketones (excluding diaryl/α,β-unsaturated/α-hetero) is 1. The first-order valence-electron chi connectivity index (χ1n) is 5.41. The van der Waals surface area contributed by atoms with Crippen LogP contribution in [-0.4, -0.2) is 20.9 Å². The topological polar surface area (TPSA) is 81.8 Å². The minimum atomic E-state index is -0.528. The molecule has 0 N–H and O–H groups in total.